The van der Waals surface area contributed by atoms with Crippen LogP contribution in [0.3, 0.4) is 0 Å². The zero-order valence-corrected chi connectivity index (χ0v) is 16.0. The van der Waals surface area contributed by atoms with Crippen LogP contribution < -0.4 is 5.32 Å². The van der Waals surface area contributed by atoms with Crippen molar-refractivity contribution in [2.75, 3.05) is 14.1 Å². The van der Waals surface area contributed by atoms with Crippen LogP contribution in [0.15, 0.2) is 55.0 Å². The summed E-state index contributed by atoms with van der Waals surface area (Å²) in [7, 11) is 3.39. The van der Waals surface area contributed by atoms with Crippen LogP contribution >= 0.6 is 0 Å². The molecule has 2 aromatic heterocycles. The molecule has 0 radical (unpaired) electrons. The fourth-order valence-electron chi connectivity index (χ4n) is 2.66. The van der Waals surface area contributed by atoms with Crippen molar-refractivity contribution in [1.29, 1.82) is 0 Å². The van der Waals surface area contributed by atoms with E-state index in [0.717, 1.165) is 11.1 Å². The first kappa shape index (κ1) is 19.2. The average Bonchev–Trinajstić information content (AvgIpc) is 2.72. The van der Waals surface area contributed by atoms with Gasteiger partial charge in [-0.2, -0.15) is 0 Å². The number of carbonyl (C=O) groups is 2. The predicted molar refractivity (Wildman–Crippen MR) is 106 cm³/mol. The molecule has 0 bridgehead atoms. The van der Waals surface area contributed by atoms with E-state index in [-0.39, 0.29) is 11.8 Å². The number of hydrogen-bond acceptors (Lipinski definition) is 5. The third-order valence-corrected chi connectivity index (χ3v) is 4.17. The summed E-state index contributed by atoms with van der Waals surface area (Å²) < 4.78 is 0. The minimum atomic E-state index is -0.156. The van der Waals surface area contributed by atoms with Crippen LogP contribution in [-0.4, -0.2) is 45.8 Å². The minimum Gasteiger partial charge on any atom is -0.348 e. The molecule has 0 saturated heterocycles. The first-order valence-electron chi connectivity index (χ1n) is 8.78. The summed E-state index contributed by atoms with van der Waals surface area (Å²) in [6, 6.07) is 10.9. The molecule has 3 aromatic rings. The first-order chi connectivity index (χ1) is 13.5. The minimum absolute atomic E-state index is 0.149. The van der Waals surface area contributed by atoms with Crippen LogP contribution in [0.4, 0.5) is 0 Å². The molecule has 142 valence electrons. The van der Waals surface area contributed by atoms with Gasteiger partial charge in [-0.05, 0) is 24.6 Å². The third kappa shape index (κ3) is 4.37. The lowest BCUT2D eigenvalue weighted by molar-refractivity contribution is 0.0827. The van der Waals surface area contributed by atoms with Crippen LogP contribution in [0.25, 0.3) is 11.3 Å². The van der Waals surface area contributed by atoms with Crippen molar-refractivity contribution in [2.45, 2.75) is 13.5 Å². The summed E-state index contributed by atoms with van der Waals surface area (Å²) in [6.45, 7) is 2.18. The number of aromatic nitrogens is 3. The molecule has 7 heteroatoms. The molecule has 0 aliphatic rings. The van der Waals surface area contributed by atoms with Crippen LogP contribution in [0, 0.1) is 6.92 Å². The molecule has 28 heavy (non-hydrogen) atoms. The van der Waals surface area contributed by atoms with Crippen molar-refractivity contribution in [3.05, 3.63) is 77.5 Å². The Kier molecular flexibility index (Phi) is 5.74. The lowest BCUT2D eigenvalue weighted by Gasteiger charge is -2.14. The van der Waals surface area contributed by atoms with Gasteiger partial charge in [-0.3, -0.25) is 14.6 Å². The Morgan fingerprint density at radius 1 is 1.04 bits per heavy atom. The lowest BCUT2D eigenvalue weighted by atomic mass is 10.0. The number of rotatable bonds is 5. The van der Waals surface area contributed by atoms with Gasteiger partial charge in [0.05, 0.1) is 11.3 Å². The van der Waals surface area contributed by atoms with E-state index in [4.69, 9.17) is 0 Å². The topological polar surface area (TPSA) is 88.1 Å². The predicted octanol–water partition coefficient (Wildman–Crippen LogP) is 2.48. The summed E-state index contributed by atoms with van der Waals surface area (Å²) in [6.07, 6.45) is 4.73. The summed E-state index contributed by atoms with van der Waals surface area (Å²) in [5.41, 5.74) is 3.38. The highest BCUT2D eigenvalue weighted by Crippen LogP contribution is 2.22. The van der Waals surface area contributed by atoms with Crippen LogP contribution in [0.2, 0.25) is 0 Å². The van der Waals surface area contributed by atoms with E-state index in [9.17, 15) is 9.59 Å². The van der Waals surface area contributed by atoms with Crippen molar-refractivity contribution < 1.29 is 9.59 Å². The van der Waals surface area contributed by atoms with Gasteiger partial charge in [0.2, 0.25) is 0 Å². The van der Waals surface area contributed by atoms with Gasteiger partial charge in [0, 0.05) is 50.4 Å². The van der Waals surface area contributed by atoms with Crippen molar-refractivity contribution in [3.8, 4) is 11.3 Å². The number of hydrogen-bond donors (Lipinski definition) is 1. The fraction of sp³-hybridized carbons (Fsp3) is 0.190. The molecule has 0 atom stereocenters. The molecular weight excluding hydrogens is 354 g/mol. The second-order valence-electron chi connectivity index (χ2n) is 6.49. The first-order valence-corrected chi connectivity index (χ1v) is 8.78. The van der Waals surface area contributed by atoms with E-state index in [1.807, 2.05) is 24.3 Å². The molecule has 0 unspecified atom stereocenters. The van der Waals surface area contributed by atoms with Crippen molar-refractivity contribution >= 4 is 11.8 Å². The van der Waals surface area contributed by atoms with E-state index in [1.54, 1.807) is 51.7 Å². The highest BCUT2D eigenvalue weighted by atomic mass is 16.2. The Morgan fingerprint density at radius 2 is 1.71 bits per heavy atom. The highest BCUT2D eigenvalue weighted by Gasteiger charge is 2.17. The fourth-order valence-corrected chi connectivity index (χ4v) is 2.66. The molecule has 7 nitrogen and oxygen atoms in total. The molecule has 1 aromatic carbocycles. The maximum atomic E-state index is 12.4. The van der Waals surface area contributed by atoms with Gasteiger partial charge in [0.1, 0.15) is 5.82 Å². The Hall–Kier alpha value is -3.61. The molecule has 0 aliphatic heterocycles. The van der Waals surface area contributed by atoms with E-state index < -0.39 is 0 Å². The number of nitrogens with one attached hydrogen (secondary N) is 1. The number of pyridine rings is 1. The number of nitrogens with zero attached hydrogens (tertiary/aromatic N) is 4. The normalized spacial score (nSPS) is 10.4. The van der Waals surface area contributed by atoms with E-state index in [1.165, 1.54) is 4.90 Å². The summed E-state index contributed by atoms with van der Waals surface area (Å²) in [5, 5.41) is 2.88. The molecule has 0 saturated carbocycles. The molecular formula is C21H21N5O2. The van der Waals surface area contributed by atoms with Crippen LogP contribution in [-0.2, 0) is 6.54 Å². The standard InChI is InChI=1S/C21H21N5O2/c1-14-23-13-18(21(28)26(2)3)19(25-14)16-6-4-15(5-7-16)12-24-20(27)17-8-10-22-11-9-17/h4-11,13H,12H2,1-3H3,(H,24,27). The van der Waals surface area contributed by atoms with Crippen molar-refractivity contribution in [2.24, 2.45) is 0 Å². The van der Waals surface area contributed by atoms with Gasteiger partial charge >= 0.3 is 0 Å². The molecule has 2 amide bonds. The zero-order valence-electron chi connectivity index (χ0n) is 16.0. The van der Waals surface area contributed by atoms with Crippen molar-refractivity contribution in [1.82, 2.24) is 25.2 Å². The highest BCUT2D eigenvalue weighted by molar-refractivity contribution is 5.99. The second kappa shape index (κ2) is 8.39. The van der Waals surface area contributed by atoms with Gasteiger partial charge in [0.15, 0.2) is 0 Å². The van der Waals surface area contributed by atoms with Crippen molar-refractivity contribution in [3.63, 3.8) is 0 Å². The largest absolute Gasteiger partial charge is 0.348 e. The summed E-state index contributed by atoms with van der Waals surface area (Å²) >= 11 is 0. The number of benzene rings is 1. The Morgan fingerprint density at radius 3 is 2.36 bits per heavy atom. The quantitative estimate of drug-likeness (QED) is 0.740. The maximum absolute atomic E-state index is 12.4. The van der Waals surface area contributed by atoms with Gasteiger partial charge in [0.25, 0.3) is 11.8 Å². The van der Waals surface area contributed by atoms with E-state index >= 15 is 0 Å². The van der Waals surface area contributed by atoms with Crippen LogP contribution in [0.1, 0.15) is 32.1 Å². The monoisotopic (exact) mass is 375 g/mol. The smallest absolute Gasteiger partial charge is 0.257 e. The Bertz CT molecular complexity index is 985. The lowest BCUT2D eigenvalue weighted by Crippen LogP contribution is -2.23. The zero-order chi connectivity index (χ0) is 20.1. The summed E-state index contributed by atoms with van der Waals surface area (Å²) in [4.78, 5) is 38.6. The van der Waals surface area contributed by atoms with Gasteiger partial charge in [-0.15, -0.1) is 0 Å². The Balaban J connectivity index is 1.77. The van der Waals surface area contributed by atoms with Gasteiger partial charge < -0.3 is 10.2 Å². The van der Waals surface area contributed by atoms with Crippen LogP contribution in [0.5, 0.6) is 0 Å². The number of amides is 2. The molecule has 1 N–H and O–H groups in total. The van der Waals surface area contributed by atoms with Gasteiger partial charge in [-0.25, -0.2) is 9.97 Å². The second-order valence-corrected chi connectivity index (χ2v) is 6.49. The molecule has 0 aliphatic carbocycles. The Labute approximate surface area is 163 Å². The molecule has 2 heterocycles. The van der Waals surface area contributed by atoms with Gasteiger partial charge in [-0.1, -0.05) is 24.3 Å². The average molecular weight is 375 g/mol. The van der Waals surface area contributed by atoms with E-state index in [0.29, 0.717) is 29.2 Å². The molecule has 0 spiro atoms. The summed E-state index contributed by atoms with van der Waals surface area (Å²) in [5.74, 6) is 0.291. The number of carbonyl (C=O) groups excluding carboxylic acids is 2. The third-order valence-electron chi connectivity index (χ3n) is 4.17. The molecule has 0 fully saturated rings. The number of aryl methyl sites for hydroxylation is 1. The SMILES string of the molecule is Cc1ncc(C(=O)N(C)C)c(-c2ccc(CNC(=O)c3ccncc3)cc2)n1. The maximum Gasteiger partial charge on any atom is 0.257 e. The molecule has 3 rings (SSSR count). The van der Waals surface area contributed by atoms with E-state index in [2.05, 4.69) is 20.3 Å².